The van der Waals surface area contributed by atoms with Crippen LogP contribution in [-0.2, 0) is 4.74 Å². The van der Waals surface area contributed by atoms with Crippen molar-refractivity contribution in [2.75, 3.05) is 31.1 Å². The fourth-order valence-electron chi connectivity index (χ4n) is 3.09. The molecule has 0 aromatic heterocycles. The van der Waals surface area contributed by atoms with Crippen LogP contribution in [0.3, 0.4) is 0 Å². The molecule has 0 aliphatic carbocycles. The van der Waals surface area contributed by atoms with Gasteiger partial charge in [-0.15, -0.1) is 0 Å². The molecule has 3 rings (SSSR count). The number of anilines is 1. The minimum Gasteiger partial charge on any atom is -0.444 e. The zero-order chi connectivity index (χ0) is 16.1. The van der Waals surface area contributed by atoms with E-state index in [-0.39, 0.29) is 17.3 Å². The zero-order valence-electron chi connectivity index (χ0n) is 13.0. The fourth-order valence-corrected chi connectivity index (χ4v) is 3.25. The van der Waals surface area contributed by atoms with E-state index >= 15 is 0 Å². The second kappa shape index (κ2) is 5.01. The lowest BCUT2D eigenvalue weighted by Crippen LogP contribution is -2.73. The highest BCUT2D eigenvalue weighted by Gasteiger charge is 2.54. The number of hydrogen-bond donors (Lipinski definition) is 0. The number of benzene rings is 1. The Labute approximate surface area is 134 Å². The molecule has 2 fully saturated rings. The Hall–Kier alpha value is -1.49. The number of ether oxygens (including phenoxy) is 1. The summed E-state index contributed by atoms with van der Waals surface area (Å²) >= 11 is 5.77. The maximum atomic E-state index is 13.9. The van der Waals surface area contributed by atoms with Gasteiger partial charge in [0.1, 0.15) is 11.4 Å². The van der Waals surface area contributed by atoms with Gasteiger partial charge in [0.2, 0.25) is 0 Å². The van der Waals surface area contributed by atoms with Crippen LogP contribution in [0.4, 0.5) is 14.9 Å². The van der Waals surface area contributed by atoms with Crippen molar-refractivity contribution in [1.82, 2.24) is 4.90 Å². The van der Waals surface area contributed by atoms with E-state index in [2.05, 4.69) is 0 Å². The van der Waals surface area contributed by atoms with Crippen molar-refractivity contribution < 1.29 is 13.9 Å². The summed E-state index contributed by atoms with van der Waals surface area (Å²) in [5, 5.41) is 0.399. The predicted molar refractivity (Wildman–Crippen MR) is 83.9 cm³/mol. The van der Waals surface area contributed by atoms with Crippen LogP contribution in [0.5, 0.6) is 0 Å². The van der Waals surface area contributed by atoms with E-state index in [1.807, 2.05) is 25.7 Å². The first-order chi connectivity index (χ1) is 10.2. The van der Waals surface area contributed by atoms with Gasteiger partial charge in [-0.1, -0.05) is 11.6 Å². The highest BCUT2D eigenvalue weighted by molar-refractivity contribution is 6.30. The summed E-state index contributed by atoms with van der Waals surface area (Å²) in [4.78, 5) is 15.6. The standard InChI is InChI=1S/C16H20ClFN2O2/c1-15(2,3)22-14(21)20-9-16(10-20)7-19(8-16)13-5-4-11(17)6-12(13)18/h4-6H,7-10H2,1-3H3. The SMILES string of the molecule is CC(C)(C)OC(=O)N1CC2(C1)CN(c1ccc(Cl)cc1F)C2. The first-order valence-electron chi connectivity index (χ1n) is 7.35. The van der Waals surface area contributed by atoms with Crippen molar-refractivity contribution in [2.24, 2.45) is 5.41 Å². The molecule has 120 valence electrons. The van der Waals surface area contributed by atoms with Crippen LogP contribution in [0.2, 0.25) is 5.02 Å². The molecule has 2 saturated heterocycles. The molecule has 0 radical (unpaired) electrons. The van der Waals surface area contributed by atoms with Gasteiger partial charge in [-0.3, -0.25) is 0 Å². The Morgan fingerprint density at radius 2 is 1.91 bits per heavy atom. The van der Waals surface area contributed by atoms with Crippen LogP contribution >= 0.6 is 11.6 Å². The normalized spacial score (nSPS) is 19.7. The molecule has 1 spiro atoms. The molecule has 22 heavy (non-hydrogen) atoms. The third kappa shape index (κ3) is 2.86. The number of rotatable bonds is 1. The molecule has 0 atom stereocenters. The van der Waals surface area contributed by atoms with Crippen molar-refractivity contribution in [3.63, 3.8) is 0 Å². The van der Waals surface area contributed by atoms with Gasteiger partial charge >= 0.3 is 6.09 Å². The summed E-state index contributed by atoms with van der Waals surface area (Å²) in [5.74, 6) is -0.300. The Balaban J connectivity index is 1.54. The summed E-state index contributed by atoms with van der Waals surface area (Å²) in [7, 11) is 0. The molecule has 1 aromatic rings. The topological polar surface area (TPSA) is 32.8 Å². The third-order valence-corrected chi connectivity index (χ3v) is 4.24. The van der Waals surface area contributed by atoms with Crippen LogP contribution in [-0.4, -0.2) is 42.8 Å². The van der Waals surface area contributed by atoms with Gasteiger partial charge in [0.25, 0.3) is 0 Å². The predicted octanol–water partition coefficient (Wildman–Crippen LogP) is 3.54. The van der Waals surface area contributed by atoms with Gasteiger partial charge in [-0.25, -0.2) is 9.18 Å². The van der Waals surface area contributed by atoms with Crippen LogP contribution < -0.4 is 4.90 Å². The number of hydrogen-bond acceptors (Lipinski definition) is 3. The Morgan fingerprint density at radius 3 is 2.45 bits per heavy atom. The first kappa shape index (κ1) is 15.4. The van der Waals surface area contributed by atoms with Crippen LogP contribution in [0.15, 0.2) is 18.2 Å². The minimum absolute atomic E-state index is 0.0863. The van der Waals surface area contributed by atoms with Gasteiger partial charge < -0.3 is 14.5 Å². The zero-order valence-corrected chi connectivity index (χ0v) is 13.8. The van der Waals surface area contributed by atoms with E-state index in [4.69, 9.17) is 16.3 Å². The lowest BCUT2D eigenvalue weighted by molar-refractivity contribution is -0.0454. The molecule has 2 heterocycles. The van der Waals surface area contributed by atoms with Gasteiger partial charge in [0, 0.05) is 36.6 Å². The molecule has 0 bridgehead atoms. The Kier molecular flexibility index (Phi) is 3.51. The average Bonchev–Trinajstić information content (AvgIpc) is 2.25. The molecule has 0 unspecified atom stereocenters. The number of carbonyl (C=O) groups excluding carboxylic acids is 1. The number of nitrogens with zero attached hydrogens (tertiary/aromatic N) is 2. The summed E-state index contributed by atoms with van der Waals surface area (Å²) in [5.41, 5.74) is 0.187. The van der Waals surface area contributed by atoms with Crippen molar-refractivity contribution in [3.05, 3.63) is 29.0 Å². The van der Waals surface area contributed by atoms with Gasteiger partial charge in [-0.05, 0) is 39.0 Å². The Morgan fingerprint density at radius 1 is 1.27 bits per heavy atom. The van der Waals surface area contributed by atoms with Crippen LogP contribution in [0.25, 0.3) is 0 Å². The second-order valence-corrected chi connectivity index (χ2v) is 7.72. The lowest BCUT2D eigenvalue weighted by Gasteiger charge is -2.60. The highest BCUT2D eigenvalue weighted by atomic mass is 35.5. The van der Waals surface area contributed by atoms with E-state index in [0.29, 0.717) is 23.8 Å². The van der Waals surface area contributed by atoms with Gasteiger partial charge in [0.05, 0.1) is 5.69 Å². The maximum Gasteiger partial charge on any atom is 0.410 e. The van der Waals surface area contributed by atoms with E-state index < -0.39 is 5.60 Å². The second-order valence-electron chi connectivity index (χ2n) is 7.29. The van der Waals surface area contributed by atoms with E-state index in [1.54, 1.807) is 17.0 Å². The molecule has 0 saturated carbocycles. The van der Waals surface area contributed by atoms with Crippen molar-refractivity contribution in [3.8, 4) is 0 Å². The van der Waals surface area contributed by atoms with E-state index in [0.717, 1.165) is 13.1 Å². The van der Waals surface area contributed by atoms with Gasteiger partial charge in [0.15, 0.2) is 0 Å². The molecule has 4 nitrogen and oxygen atoms in total. The molecule has 2 aliphatic heterocycles. The molecular formula is C16H20ClFN2O2. The smallest absolute Gasteiger partial charge is 0.410 e. The Bertz CT molecular complexity index is 601. The van der Waals surface area contributed by atoms with Crippen LogP contribution in [0.1, 0.15) is 20.8 Å². The van der Waals surface area contributed by atoms with Gasteiger partial charge in [-0.2, -0.15) is 0 Å². The third-order valence-electron chi connectivity index (χ3n) is 4.01. The van der Waals surface area contributed by atoms with Crippen LogP contribution in [0, 0.1) is 11.2 Å². The molecule has 1 aromatic carbocycles. The largest absolute Gasteiger partial charge is 0.444 e. The van der Waals surface area contributed by atoms with E-state index in [9.17, 15) is 9.18 Å². The number of likely N-dealkylation sites (tertiary alicyclic amines) is 1. The fraction of sp³-hybridized carbons (Fsp3) is 0.562. The minimum atomic E-state index is -0.474. The monoisotopic (exact) mass is 326 g/mol. The molecule has 1 amide bonds. The number of amides is 1. The quantitative estimate of drug-likeness (QED) is 0.791. The number of carbonyl (C=O) groups is 1. The summed E-state index contributed by atoms with van der Waals surface area (Å²) in [6.45, 7) is 8.43. The average molecular weight is 327 g/mol. The lowest BCUT2D eigenvalue weighted by atomic mass is 9.73. The van der Waals surface area contributed by atoms with Crippen molar-refractivity contribution in [2.45, 2.75) is 26.4 Å². The molecule has 0 N–H and O–H groups in total. The molecule has 6 heteroatoms. The van der Waals surface area contributed by atoms with Crippen molar-refractivity contribution in [1.29, 1.82) is 0 Å². The summed E-state index contributed by atoms with van der Waals surface area (Å²) in [6, 6.07) is 4.73. The highest BCUT2D eigenvalue weighted by Crippen LogP contribution is 2.43. The molecule has 2 aliphatic rings. The van der Waals surface area contributed by atoms with E-state index in [1.165, 1.54) is 6.07 Å². The summed E-state index contributed by atoms with van der Waals surface area (Å²) in [6.07, 6.45) is -0.269. The summed E-state index contributed by atoms with van der Waals surface area (Å²) < 4.78 is 19.2. The molecular weight excluding hydrogens is 307 g/mol. The maximum absolute atomic E-state index is 13.9. The van der Waals surface area contributed by atoms with Crippen molar-refractivity contribution >= 4 is 23.4 Å². The number of halogens is 2. The first-order valence-corrected chi connectivity index (χ1v) is 7.73.